The first-order valence-electron chi connectivity index (χ1n) is 7.59. The predicted octanol–water partition coefficient (Wildman–Crippen LogP) is 2.20. The van der Waals surface area contributed by atoms with E-state index in [1.807, 2.05) is 13.8 Å². The van der Waals surface area contributed by atoms with E-state index < -0.39 is 31.1 Å². The number of hydrogen-bond donors (Lipinski definition) is 4. The molecule has 0 radical (unpaired) electrons. The number of aliphatic hydroxyl groups is 3. The van der Waals surface area contributed by atoms with Gasteiger partial charge in [0.25, 0.3) is 0 Å². The van der Waals surface area contributed by atoms with E-state index in [1.54, 1.807) is 16.7 Å². The van der Waals surface area contributed by atoms with Crippen LogP contribution in [0.1, 0.15) is 20.1 Å². The van der Waals surface area contributed by atoms with Crippen molar-refractivity contribution < 1.29 is 20.1 Å². The van der Waals surface area contributed by atoms with Crippen LogP contribution in [0.15, 0.2) is 12.1 Å². The zero-order chi connectivity index (χ0) is 17.6. The number of anilines is 1. The van der Waals surface area contributed by atoms with Gasteiger partial charge in [-0.2, -0.15) is 0 Å². The van der Waals surface area contributed by atoms with Crippen LogP contribution in [0, 0.1) is 0 Å². The highest BCUT2D eigenvalue weighted by Crippen LogP contribution is 2.37. The van der Waals surface area contributed by atoms with Crippen LogP contribution in [0.25, 0.3) is 11.0 Å². The largest absolute Gasteiger partial charge is 0.394 e. The molecule has 140 valence electrons. The van der Waals surface area contributed by atoms with Crippen molar-refractivity contribution in [3.05, 3.63) is 22.2 Å². The zero-order valence-electron chi connectivity index (χ0n) is 13.6. The Kier molecular flexibility index (Phi) is 6.43. The lowest BCUT2D eigenvalue weighted by molar-refractivity contribution is -0.0499. The SMILES string of the molecule is CC(C)Nc1nc2cc(Cl)c(Cl)cc2n1[C@H]1O[C@@H](CO)[C@H](O)[C@@H]1O.Cl. The fraction of sp³-hybridized carbons (Fsp3) is 0.533. The van der Waals surface area contributed by atoms with Gasteiger partial charge in [0.1, 0.15) is 18.3 Å². The predicted molar refractivity (Wildman–Crippen MR) is 98.8 cm³/mol. The molecule has 1 aliphatic heterocycles. The Balaban J connectivity index is 0.00000225. The normalized spacial score (nSPS) is 26.2. The standard InChI is InChI=1S/C15H19Cl2N3O4.ClH/c1-6(2)18-15-19-9-3-7(16)8(17)4-10(9)20(15)14-13(23)12(22)11(5-21)24-14;/h3-4,6,11-14,21-23H,5H2,1-2H3,(H,18,19);1H/t11-,12-,13-,14-;/m0./s1. The second kappa shape index (κ2) is 7.84. The van der Waals surface area contributed by atoms with Crippen LogP contribution in [0.4, 0.5) is 5.95 Å². The van der Waals surface area contributed by atoms with Crippen molar-refractivity contribution in [3.8, 4) is 0 Å². The molecule has 3 rings (SSSR count). The fourth-order valence-corrected chi connectivity index (χ4v) is 3.12. The Labute approximate surface area is 160 Å². The van der Waals surface area contributed by atoms with Crippen molar-refractivity contribution >= 4 is 52.6 Å². The number of benzene rings is 1. The molecule has 2 aromatic rings. The first-order chi connectivity index (χ1) is 11.3. The Morgan fingerprint density at radius 1 is 1.24 bits per heavy atom. The summed E-state index contributed by atoms with van der Waals surface area (Å²) in [5.41, 5.74) is 1.17. The van der Waals surface area contributed by atoms with Gasteiger partial charge in [0.05, 0.1) is 27.7 Å². The molecular formula is C15H20Cl3N3O4. The highest BCUT2D eigenvalue weighted by atomic mass is 35.5. The average molecular weight is 413 g/mol. The molecule has 0 aliphatic carbocycles. The van der Waals surface area contributed by atoms with Crippen molar-refractivity contribution in [1.29, 1.82) is 0 Å². The maximum atomic E-state index is 10.4. The van der Waals surface area contributed by atoms with Crippen molar-refractivity contribution in [2.45, 2.75) is 44.4 Å². The monoisotopic (exact) mass is 411 g/mol. The Hall–Kier alpha value is -0.800. The molecule has 1 aliphatic rings. The van der Waals surface area contributed by atoms with E-state index in [0.29, 0.717) is 27.0 Å². The Morgan fingerprint density at radius 2 is 1.88 bits per heavy atom. The maximum Gasteiger partial charge on any atom is 0.206 e. The molecule has 25 heavy (non-hydrogen) atoms. The molecule has 1 aromatic carbocycles. The zero-order valence-corrected chi connectivity index (χ0v) is 15.9. The van der Waals surface area contributed by atoms with E-state index in [4.69, 9.17) is 27.9 Å². The van der Waals surface area contributed by atoms with E-state index >= 15 is 0 Å². The van der Waals surface area contributed by atoms with Crippen LogP contribution in [0.2, 0.25) is 10.0 Å². The van der Waals surface area contributed by atoms with E-state index in [-0.39, 0.29) is 18.4 Å². The Bertz CT molecular complexity index is 755. The molecular weight excluding hydrogens is 393 g/mol. The summed E-state index contributed by atoms with van der Waals surface area (Å²) in [4.78, 5) is 4.48. The molecule has 4 atom stereocenters. The summed E-state index contributed by atoms with van der Waals surface area (Å²) >= 11 is 12.2. The van der Waals surface area contributed by atoms with Gasteiger partial charge in [0, 0.05) is 6.04 Å². The smallest absolute Gasteiger partial charge is 0.206 e. The van der Waals surface area contributed by atoms with Crippen molar-refractivity contribution in [1.82, 2.24) is 9.55 Å². The summed E-state index contributed by atoms with van der Waals surface area (Å²) in [6.45, 7) is 3.49. The van der Waals surface area contributed by atoms with E-state index in [9.17, 15) is 15.3 Å². The Morgan fingerprint density at radius 3 is 2.44 bits per heavy atom. The third-order valence-corrected chi connectivity index (χ3v) is 4.64. The highest BCUT2D eigenvalue weighted by Gasteiger charge is 2.44. The summed E-state index contributed by atoms with van der Waals surface area (Å²) in [6.07, 6.45) is -4.22. The molecule has 0 unspecified atom stereocenters. The van der Waals surface area contributed by atoms with Crippen LogP contribution in [-0.2, 0) is 4.74 Å². The maximum absolute atomic E-state index is 10.4. The van der Waals surface area contributed by atoms with Gasteiger partial charge in [-0.25, -0.2) is 4.98 Å². The molecule has 2 heterocycles. The minimum absolute atomic E-state index is 0. The van der Waals surface area contributed by atoms with E-state index in [0.717, 1.165) is 0 Å². The lowest BCUT2D eigenvalue weighted by Gasteiger charge is -2.21. The fourth-order valence-electron chi connectivity index (χ4n) is 2.80. The van der Waals surface area contributed by atoms with Gasteiger partial charge < -0.3 is 25.4 Å². The summed E-state index contributed by atoms with van der Waals surface area (Å²) in [5.74, 6) is 0.452. The number of hydrogen-bond acceptors (Lipinski definition) is 6. The van der Waals surface area contributed by atoms with E-state index in [2.05, 4.69) is 10.3 Å². The van der Waals surface area contributed by atoms with Gasteiger partial charge >= 0.3 is 0 Å². The number of ether oxygens (including phenoxy) is 1. The van der Waals surface area contributed by atoms with Gasteiger partial charge in [-0.3, -0.25) is 4.57 Å². The molecule has 1 fully saturated rings. The molecule has 0 spiro atoms. The first kappa shape index (κ1) is 20.5. The minimum atomic E-state index is -1.22. The summed E-state index contributed by atoms with van der Waals surface area (Å²) < 4.78 is 7.26. The molecule has 0 bridgehead atoms. The number of aliphatic hydroxyl groups excluding tert-OH is 3. The molecule has 0 amide bonds. The van der Waals surface area contributed by atoms with Crippen molar-refractivity contribution in [2.24, 2.45) is 0 Å². The summed E-state index contributed by atoms with van der Waals surface area (Å²) in [7, 11) is 0. The molecule has 7 nitrogen and oxygen atoms in total. The number of rotatable bonds is 4. The lowest BCUT2D eigenvalue weighted by atomic mass is 10.1. The average Bonchev–Trinajstić information content (AvgIpc) is 2.97. The van der Waals surface area contributed by atoms with Crippen LogP contribution in [-0.4, -0.2) is 55.8 Å². The van der Waals surface area contributed by atoms with Crippen LogP contribution in [0.5, 0.6) is 0 Å². The summed E-state index contributed by atoms with van der Waals surface area (Å²) in [6, 6.07) is 3.33. The highest BCUT2D eigenvalue weighted by molar-refractivity contribution is 6.42. The lowest BCUT2D eigenvalue weighted by Crippen LogP contribution is -2.33. The van der Waals surface area contributed by atoms with Gasteiger partial charge in [-0.1, -0.05) is 23.2 Å². The van der Waals surface area contributed by atoms with E-state index in [1.165, 1.54) is 0 Å². The van der Waals surface area contributed by atoms with Crippen LogP contribution >= 0.6 is 35.6 Å². The van der Waals surface area contributed by atoms with Crippen LogP contribution < -0.4 is 5.32 Å². The molecule has 4 N–H and O–H groups in total. The molecule has 0 saturated carbocycles. The van der Waals surface area contributed by atoms with Gasteiger partial charge in [0.15, 0.2) is 6.23 Å². The van der Waals surface area contributed by atoms with Gasteiger partial charge in [-0.05, 0) is 26.0 Å². The third kappa shape index (κ3) is 3.68. The number of nitrogens with one attached hydrogen (secondary N) is 1. The number of aromatic nitrogens is 2. The minimum Gasteiger partial charge on any atom is -0.394 e. The van der Waals surface area contributed by atoms with Crippen molar-refractivity contribution in [2.75, 3.05) is 11.9 Å². The van der Waals surface area contributed by atoms with Crippen LogP contribution in [0.3, 0.4) is 0 Å². The molecule has 1 saturated heterocycles. The quantitative estimate of drug-likeness (QED) is 0.614. The second-order valence-corrected chi connectivity index (χ2v) is 6.90. The second-order valence-electron chi connectivity index (χ2n) is 6.09. The van der Waals surface area contributed by atoms with Gasteiger partial charge in [-0.15, -0.1) is 12.4 Å². The topological polar surface area (TPSA) is 99.8 Å². The van der Waals surface area contributed by atoms with Crippen molar-refractivity contribution in [3.63, 3.8) is 0 Å². The molecule has 1 aromatic heterocycles. The number of halogens is 3. The number of imidazole rings is 1. The summed E-state index contributed by atoms with van der Waals surface area (Å²) in [5, 5.41) is 33.6. The first-order valence-corrected chi connectivity index (χ1v) is 8.35. The number of nitrogens with zero attached hydrogens (tertiary/aromatic N) is 2. The number of fused-ring (bicyclic) bond motifs is 1. The van der Waals surface area contributed by atoms with Gasteiger partial charge in [0.2, 0.25) is 5.95 Å². The third-order valence-electron chi connectivity index (χ3n) is 3.92. The molecule has 10 heteroatoms.